The number of aromatic nitrogens is 3. The summed E-state index contributed by atoms with van der Waals surface area (Å²) in [6.45, 7) is 5.73. The Bertz CT molecular complexity index is 1550. The molecule has 4 aliphatic rings. The second-order valence-corrected chi connectivity index (χ2v) is 14.3. The molecule has 11 heteroatoms. The van der Waals surface area contributed by atoms with Gasteiger partial charge in [0.2, 0.25) is 5.91 Å². The number of likely N-dealkylation sites (N-methyl/N-ethyl adjacent to an activating group) is 1. The fourth-order valence-electron chi connectivity index (χ4n) is 7.44. The minimum atomic E-state index is -0.798. The van der Waals surface area contributed by atoms with E-state index in [1.165, 1.54) is 11.3 Å². The molecule has 0 radical (unpaired) electrons. The van der Waals surface area contributed by atoms with Crippen molar-refractivity contribution in [2.24, 2.45) is 11.8 Å². The highest BCUT2D eigenvalue weighted by Crippen LogP contribution is 2.41. The molecule has 3 aromatic heterocycles. The number of amides is 2. The fraction of sp³-hybridized carbons (Fsp3) is 0.605. The zero-order valence-electron chi connectivity index (χ0n) is 29.4. The van der Waals surface area contributed by atoms with Crippen LogP contribution in [0.3, 0.4) is 0 Å². The van der Waals surface area contributed by atoms with E-state index in [-0.39, 0.29) is 11.8 Å². The van der Waals surface area contributed by atoms with Gasteiger partial charge in [-0.2, -0.15) is 0 Å². The predicted molar refractivity (Wildman–Crippen MR) is 188 cm³/mol. The largest absolute Gasteiger partial charge is 0.495 e. The minimum Gasteiger partial charge on any atom is -0.495 e. The number of nitrogens with zero attached hydrogens (tertiary/aromatic N) is 6. The summed E-state index contributed by atoms with van der Waals surface area (Å²) < 4.78 is 11.1. The molecule has 7 rings (SSSR count). The van der Waals surface area contributed by atoms with Crippen LogP contribution in [0.25, 0.3) is 11.3 Å². The number of methoxy groups -OCH3 is 1. The van der Waals surface area contributed by atoms with Gasteiger partial charge in [0.05, 0.1) is 12.8 Å². The van der Waals surface area contributed by atoms with Gasteiger partial charge in [-0.3, -0.25) is 14.7 Å². The van der Waals surface area contributed by atoms with Crippen LogP contribution in [0.15, 0.2) is 41.1 Å². The molecule has 0 spiro atoms. The molecule has 2 amide bonds. The second kappa shape index (κ2) is 16.1. The van der Waals surface area contributed by atoms with Gasteiger partial charge in [0.15, 0.2) is 5.89 Å². The van der Waals surface area contributed by atoms with Gasteiger partial charge in [-0.15, -0.1) is 0 Å². The Balaban J connectivity index is 0.000000359. The van der Waals surface area contributed by atoms with Gasteiger partial charge < -0.3 is 24.1 Å². The highest BCUT2D eigenvalue weighted by molar-refractivity contribution is 5.94. The van der Waals surface area contributed by atoms with Crippen molar-refractivity contribution in [3.63, 3.8) is 0 Å². The molecule has 0 unspecified atom stereocenters. The van der Waals surface area contributed by atoms with Crippen LogP contribution in [0, 0.1) is 18.8 Å². The average molecular weight is 673 g/mol. The number of carboxylic acid groups (broad SMARTS) is 1. The third-order valence-corrected chi connectivity index (χ3v) is 10.7. The predicted octanol–water partition coefficient (Wildman–Crippen LogP) is 7.13. The third kappa shape index (κ3) is 8.98. The van der Waals surface area contributed by atoms with Crippen molar-refractivity contribution < 1.29 is 23.8 Å². The zero-order chi connectivity index (χ0) is 34.3. The van der Waals surface area contributed by atoms with Gasteiger partial charge in [0.25, 0.3) is 0 Å². The summed E-state index contributed by atoms with van der Waals surface area (Å²) in [5.41, 5.74) is 3.90. The summed E-state index contributed by atoms with van der Waals surface area (Å²) in [4.78, 5) is 44.2. The number of oxazole rings is 1. The van der Waals surface area contributed by atoms with E-state index in [0.29, 0.717) is 30.8 Å². The summed E-state index contributed by atoms with van der Waals surface area (Å²) in [5, 5.41) is 8.53. The molecule has 0 aromatic carbocycles. The maximum absolute atomic E-state index is 13.9. The quantitative estimate of drug-likeness (QED) is 0.266. The molecule has 3 aliphatic carbocycles. The Kier molecular flexibility index (Phi) is 11.5. The lowest BCUT2D eigenvalue weighted by Gasteiger charge is -2.34. The molecule has 11 nitrogen and oxygen atoms in total. The van der Waals surface area contributed by atoms with Crippen LogP contribution in [0.4, 0.5) is 10.6 Å². The van der Waals surface area contributed by atoms with Gasteiger partial charge in [0.1, 0.15) is 23.5 Å². The molecule has 264 valence electrons. The molecule has 0 atom stereocenters. The van der Waals surface area contributed by atoms with Crippen LogP contribution in [-0.4, -0.2) is 88.7 Å². The van der Waals surface area contributed by atoms with E-state index in [1.54, 1.807) is 13.4 Å². The molecule has 0 bridgehead atoms. The van der Waals surface area contributed by atoms with E-state index in [9.17, 15) is 9.59 Å². The van der Waals surface area contributed by atoms with Gasteiger partial charge in [-0.05, 0) is 95.5 Å². The number of ether oxygens (including phenoxy) is 1. The van der Waals surface area contributed by atoms with Crippen LogP contribution in [0.2, 0.25) is 0 Å². The summed E-state index contributed by atoms with van der Waals surface area (Å²) in [7, 11) is 3.69. The van der Waals surface area contributed by atoms with Crippen molar-refractivity contribution in [3.8, 4) is 17.0 Å². The van der Waals surface area contributed by atoms with Crippen molar-refractivity contribution in [2.75, 3.05) is 51.8 Å². The molecular formula is C38H52N6O5. The maximum Gasteiger partial charge on any atom is 0.407 e. The summed E-state index contributed by atoms with van der Waals surface area (Å²) in [6.07, 6.45) is 14.9. The summed E-state index contributed by atoms with van der Waals surface area (Å²) in [6, 6.07) is 8.15. The summed E-state index contributed by atoms with van der Waals surface area (Å²) >= 11 is 0. The lowest BCUT2D eigenvalue weighted by atomic mass is 9.79. The van der Waals surface area contributed by atoms with Gasteiger partial charge >= 0.3 is 6.09 Å². The third-order valence-electron chi connectivity index (χ3n) is 10.7. The number of pyridine rings is 2. The average Bonchev–Trinajstić information content (AvgIpc) is 3.87. The molecule has 3 saturated carbocycles. The van der Waals surface area contributed by atoms with Crippen LogP contribution in [0.1, 0.15) is 99.7 Å². The highest BCUT2D eigenvalue weighted by Gasteiger charge is 2.32. The van der Waals surface area contributed by atoms with Gasteiger partial charge in [0, 0.05) is 67.9 Å². The molecule has 4 fully saturated rings. The second-order valence-electron chi connectivity index (χ2n) is 14.3. The first kappa shape index (κ1) is 34.9. The molecule has 1 saturated heterocycles. The topological polar surface area (TPSA) is 125 Å². The van der Waals surface area contributed by atoms with Crippen molar-refractivity contribution in [3.05, 3.63) is 54.0 Å². The Labute approximate surface area is 290 Å². The Morgan fingerprint density at radius 2 is 1.65 bits per heavy atom. The number of rotatable bonds is 8. The highest BCUT2D eigenvalue weighted by atomic mass is 16.5. The minimum absolute atomic E-state index is 0.0977. The Morgan fingerprint density at radius 1 is 0.939 bits per heavy atom. The first-order valence-electron chi connectivity index (χ1n) is 18.2. The number of piperazine rings is 1. The Morgan fingerprint density at radius 3 is 2.31 bits per heavy atom. The molecule has 3 aromatic rings. The smallest absolute Gasteiger partial charge is 0.407 e. The Hall–Kier alpha value is -3.99. The molecular weight excluding hydrogens is 620 g/mol. The van der Waals surface area contributed by atoms with Crippen LogP contribution >= 0.6 is 0 Å². The number of aryl methyl sites for hydroxylation is 1. The zero-order valence-corrected chi connectivity index (χ0v) is 29.4. The molecule has 49 heavy (non-hydrogen) atoms. The van der Waals surface area contributed by atoms with Crippen molar-refractivity contribution in [1.29, 1.82) is 0 Å². The van der Waals surface area contributed by atoms with Crippen LogP contribution < -0.4 is 9.64 Å². The van der Waals surface area contributed by atoms with Crippen molar-refractivity contribution in [2.45, 2.75) is 89.4 Å². The molecule has 1 N–H and O–H groups in total. The lowest BCUT2D eigenvalue weighted by molar-refractivity contribution is -0.123. The first-order chi connectivity index (χ1) is 23.8. The number of hydrogen-bond donors (Lipinski definition) is 1. The number of carbonyl (C=O) groups is 2. The standard InChI is InChI=1S/C32H40N4O3.C6H12N2O2/c1-21-29(38-2)15-14-27(34-21)23-10-8-22(9-11-23)19-36(32(37)25-6-4-3-5-7-25)30-18-26(16-17-33-30)28-20-39-31(35-28)24-12-13-24;1-7-2-4-8(5-3-7)6(9)10/h14-18,20,22-25H,3-13,19H2,1-2H3;2-5H2,1H3,(H,9,10). The van der Waals surface area contributed by atoms with Gasteiger partial charge in [-0.25, -0.2) is 14.8 Å². The maximum atomic E-state index is 13.9. The normalized spacial score (nSPS) is 21.8. The first-order valence-corrected chi connectivity index (χ1v) is 18.2. The number of anilines is 1. The lowest BCUT2D eigenvalue weighted by Crippen LogP contribution is -2.46. The monoisotopic (exact) mass is 672 g/mol. The SMILES string of the molecule is CN1CCN(C(=O)O)CC1.COc1ccc(C2CCC(CN(C(=O)C3CCCCC3)c3cc(-c4coc(C5CC5)n4)ccn3)CC2)nc1C. The van der Waals surface area contributed by atoms with E-state index >= 15 is 0 Å². The van der Waals surface area contributed by atoms with E-state index in [4.69, 9.17) is 29.2 Å². The van der Waals surface area contributed by atoms with Crippen molar-refractivity contribution >= 4 is 17.8 Å². The van der Waals surface area contributed by atoms with Crippen molar-refractivity contribution in [1.82, 2.24) is 24.8 Å². The number of hydrogen-bond acceptors (Lipinski definition) is 8. The fourth-order valence-corrected chi connectivity index (χ4v) is 7.44. The van der Waals surface area contributed by atoms with Crippen LogP contribution in [0.5, 0.6) is 5.75 Å². The van der Waals surface area contributed by atoms with Crippen LogP contribution in [-0.2, 0) is 4.79 Å². The van der Waals surface area contributed by atoms with E-state index in [1.807, 2.05) is 43.3 Å². The molecule has 4 heterocycles. The van der Waals surface area contributed by atoms with E-state index in [2.05, 4.69) is 11.0 Å². The number of carbonyl (C=O) groups excluding carboxylic acids is 1. The van der Waals surface area contributed by atoms with E-state index in [0.717, 1.165) is 124 Å². The summed E-state index contributed by atoms with van der Waals surface area (Å²) in [5.74, 6) is 4.14. The van der Waals surface area contributed by atoms with E-state index < -0.39 is 6.09 Å². The van der Waals surface area contributed by atoms with Gasteiger partial charge in [-0.1, -0.05) is 19.3 Å². The molecule has 1 aliphatic heterocycles.